The lowest BCUT2D eigenvalue weighted by Crippen LogP contribution is -2.52. The molecule has 4 nitrogen and oxygen atoms in total. The Balaban J connectivity index is 1.87. The summed E-state index contributed by atoms with van der Waals surface area (Å²) in [5.74, 6) is -0.207. The average Bonchev–Trinajstić information content (AvgIpc) is 2.77. The molecule has 1 fully saturated rings. The summed E-state index contributed by atoms with van der Waals surface area (Å²) in [5.41, 5.74) is 2.67. The van der Waals surface area contributed by atoms with E-state index in [0.29, 0.717) is 22.0 Å². The number of aryl methyl sites for hydroxylation is 1. The molecule has 1 N–H and O–H groups in total. The summed E-state index contributed by atoms with van der Waals surface area (Å²) in [5, 5.41) is 4.19. The number of hydrogen-bond acceptors (Lipinski definition) is 2. The van der Waals surface area contributed by atoms with Gasteiger partial charge in [-0.2, -0.15) is 0 Å². The van der Waals surface area contributed by atoms with E-state index in [1.165, 1.54) is 6.42 Å². The van der Waals surface area contributed by atoms with Gasteiger partial charge < -0.3 is 10.2 Å². The number of halogens is 2. The van der Waals surface area contributed by atoms with Crippen molar-refractivity contribution >= 4 is 35.0 Å². The largest absolute Gasteiger partial charge is 0.352 e. The molecule has 2 amide bonds. The monoisotopic (exact) mass is 474 g/mol. The molecule has 0 aliphatic heterocycles. The van der Waals surface area contributed by atoms with Gasteiger partial charge in [0, 0.05) is 28.2 Å². The lowest BCUT2D eigenvalue weighted by Gasteiger charge is -2.33. The molecule has 0 aromatic heterocycles. The van der Waals surface area contributed by atoms with Crippen molar-refractivity contribution in [3.63, 3.8) is 0 Å². The van der Waals surface area contributed by atoms with Crippen LogP contribution in [0.3, 0.4) is 0 Å². The van der Waals surface area contributed by atoms with Crippen LogP contribution in [0, 0.1) is 6.92 Å². The number of carbonyl (C=O) groups is 2. The molecule has 1 aliphatic rings. The fourth-order valence-electron chi connectivity index (χ4n) is 4.39. The number of nitrogens with zero attached hydrogens (tertiary/aromatic N) is 1. The van der Waals surface area contributed by atoms with Crippen LogP contribution < -0.4 is 5.32 Å². The molecule has 2 aromatic carbocycles. The summed E-state index contributed by atoms with van der Waals surface area (Å²) >= 11 is 12.8. The van der Waals surface area contributed by atoms with E-state index in [2.05, 4.69) is 5.32 Å². The SMILES string of the molecule is CC[C@H](C(=O)NC1CCCCC1)N(Cc1c(Cl)cccc1Cl)C(=O)Cc1ccccc1C. The summed E-state index contributed by atoms with van der Waals surface area (Å²) in [7, 11) is 0. The molecule has 1 saturated carbocycles. The molecule has 0 radical (unpaired) electrons. The Morgan fingerprint density at radius 3 is 2.31 bits per heavy atom. The van der Waals surface area contributed by atoms with Crippen molar-refractivity contribution < 1.29 is 9.59 Å². The molecule has 0 saturated heterocycles. The Hall–Kier alpha value is -2.04. The number of hydrogen-bond donors (Lipinski definition) is 1. The zero-order valence-corrected chi connectivity index (χ0v) is 20.4. The average molecular weight is 475 g/mol. The van der Waals surface area contributed by atoms with Gasteiger partial charge in [0.05, 0.1) is 6.42 Å². The van der Waals surface area contributed by atoms with Crippen molar-refractivity contribution in [1.29, 1.82) is 0 Å². The third-order valence-electron chi connectivity index (χ3n) is 6.33. The van der Waals surface area contributed by atoms with Gasteiger partial charge in [0.15, 0.2) is 0 Å². The Kier molecular flexibility index (Phi) is 9.01. The molecule has 0 unspecified atom stereocenters. The van der Waals surface area contributed by atoms with E-state index >= 15 is 0 Å². The first kappa shape index (κ1) is 24.6. The highest BCUT2D eigenvalue weighted by atomic mass is 35.5. The second kappa shape index (κ2) is 11.7. The van der Waals surface area contributed by atoms with E-state index in [1.54, 1.807) is 23.1 Å². The first-order chi connectivity index (χ1) is 15.4. The minimum atomic E-state index is -0.583. The summed E-state index contributed by atoms with van der Waals surface area (Å²) in [6.07, 6.45) is 6.21. The maximum atomic E-state index is 13.5. The highest BCUT2D eigenvalue weighted by molar-refractivity contribution is 6.36. The molecule has 3 rings (SSSR count). The van der Waals surface area contributed by atoms with Crippen LogP contribution >= 0.6 is 23.2 Å². The van der Waals surface area contributed by atoms with Crippen molar-refractivity contribution in [3.05, 3.63) is 69.2 Å². The number of amides is 2. The molecule has 0 spiro atoms. The van der Waals surface area contributed by atoms with Crippen LogP contribution in [-0.4, -0.2) is 28.8 Å². The molecule has 0 heterocycles. The maximum Gasteiger partial charge on any atom is 0.243 e. The Labute approximate surface area is 201 Å². The first-order valence-corrected chi connectivity index (χ1v) is 12.2. The topological polar surface area (TPSA) is 49.4 Å². The van der Waals surface area contributed by atoms with Gasteiger partial charge in [-0.15, -0.1) is 0 Å². The van der Waals surface area contributed by atoms with Gasteiger partial charge in [0.1, 0.15) is 6.04 Å². The number of benzene rings is 2. The van der Waals surface area contributed by atoms with E-state index in [9.17, 15) is 9.59 Å². The predicted octanol–water partition coefficient (Wildman–Crippen LogP) is 6.10. The van der Waals surface area contributed by atoms with Gasteiger partial charge in [0.25, 0.3) is 0 Å². The highest BCUT2D eigenvalue weighted by Crippen LogP contribution is 2.28. The van der Waals surface area contributed by atoms with Crippen LogP contribution in [0.1, 0.15) is 62.1 Å². The van der Waals surface area contributed by atoms with E-state index in [4.69, 9.17) is 23.2 Å². The van der Waals surface area contributed by atoms with E-state index in [1.807, 2.05) is 38.1 Å². The lowest BCUT2D eigenvalue weighted by atomic mass is 9.95. The molecule has 6 heteroatoms. The number of nitrogens with one attached hydrogen (secondary N) is 1. The Bertz CT molecular complexity index is 921. The summed E-state index contributed by atoms with van der Waals surface area (Å²) in [6.45, 7) is 4.12. The summed E-state index contributed by atoms with van der Waals surface area (Å²) in [6, 6.07) is 12.7. The molecule has 1 aliphatic carbocycles. The minimum absolute atomic E-state index is 0.0966. The molecule has 0 bridgehead atoms. The quantitative estimate of drug-likeness (QED) is 0.502. The smallest absolute Gasteiger partial charge is 0.243 e. The van der Waals surface area contributed by atoms with E-state index < -0.39 is 6.04 Å². The fourth-order valence-corrected chi connectivity index (χ4v) is 4.91. The van der Waals surface area contributed by atoms with Crippen molar-refractivity contribution in [1.82, 2.24) is 10.2 Å². The van der Waals surface area contributed by atoms with E-state index in [0.717, 1.165) is 36.8 Å². The van der Waals surface area contributed by atoms with Crippen LogP contribution in [0.15, 0.2) is 42.5 Å². The third kappa shape index (κ3) is 6.26. The van der Waals surface area contributed by atoms with Gasteiger partial charge in [0.2, 0.25) is 11.8 Å². The van der Waals surface area contributed by atoms with Gasteiger partial charge in [-0.1, -0.05) is 79.7 Å². The summed E-state index contributed by atoms with van der Waals surface area (Å²) in [4.78, 5) is 28.5. The Morgan fingerprint density at radius 2 is 1.69 bits per heavy atom. The first-order valence-electron chi connectivity index (χ1n) is 11.5. The number of rotatable bonds is 8. The summed E-state index contributed by atoms with van der Waals surface area (Å²) < 4.78 is 0. The van der Waals surface area contributed by atoms with Crippen LogP contribution in [-0.2, 0) is 22.6 Å². The minimum Gasteiger partial charge on any atom is -0.352 e. The fraction of sp³-hybridized carbons (Fsp3) is 0.462. The second-order valence-electron chi connectivity index (χ2n) is 8.59. The molecule has 172 valence electrons. The van der Waals surface area contributed by atoms with Crippen LogP contribution in [0.4, 0.5) is 0 Å². The predicted molar refractivity (Wildman–Crippen MR) is 131 cm³/mol. The van der Waals surface area contributed by atoms with Crippen LogP contribution in [0.25, 0.3) is 0 Å². The molecule has 2 aromatic rings. The molecular weight excluding hydrogens is 443 g/mol. The molecule has 32 heavy (non-hydrogen) atoms. The molecule has 1 atom stereocenters. The van der Waals surface area contributed by atoms with Crippen molar-refractivity contribution in [2.75, 3.05) is 0 Å². The standard InChI is InChI=1S/C26H32Cl2N2O2/c1-3-24(26(32)29-20-12-5-4-6-13-20)30(17-21-22(27)14-9-15-23(21)28)25(31)16-19-11-8-7-10-18(19)2/h7-11,14-15,20,24H,3-6,12-13,16-17H2,1-2H3,(H,29,32)/t24-/m1/s1. The highest BCUT2D eigenvalue weighted by Gasteiger charge is 2.31. The normalized spacial score (nSPS) is 15.2. The van der Waals surface area contributed by atoms with Gasteiger partial charge in [-0.25, -0.2) is 0 Å². The van der Waals surface area contributed by atoms with Gasteiger partial charge >= 0.3 is 0 Å². The van der Waals surface area contributed by atoms with Crippen molar-refractivity contribution in [3.8, 4) is 0 Å². The van der Waals surface area contributed by atoms with Crippen molar-refractivity contribution in [2.24, 2.45) is 0 Å². The Morgan fingerprint density at radius 1 is 1.03 bits per heavy atom. The third-order valence-corrected chi connectivity index (χ3v) is 7.04. The van der Waals surface area contributed by atoms with Crippen LogP contribution in [0.5, 0.6) is 0 Å². The van der Waals surface area contributed by atoms with Crippen LogP contribution in [0.2, 0.25) is 10.0 Å². The van der Waals surface area contributed by atoms with Crippen molar-refractivity contribution in [2.45, 2.75) is 77.4 Å². The van der Waals surface area contributed by atoms with Gasteiger partial charge in [-0.3, -0.25) is 9.59 Å². The second-order valence-corrected chi connectivity index (χ2v) is 9.41. The van der Waals surface area contributed by atoms with E-state index in [-0.39, 0.29) is 30.8 Å². The zero-order valence-electron chi connectivity index (χ0n) is 18.9. The lowest BCUT2D eigenvalue weighted by molar-refractivity contribution is -0.141. The van der Waals surface area contributed by atoms with Gasteiger partial charge in [-0.05, 0) is 49.4 Å². The molecular formula is C26H32Cl2N2O2. The maximum absolute atomic E-state index is 13.5. The zero-order chi connectivity index (χ0) is 23.1. The number of carbonyl (C=O) groups excluding carboxylic acids is 2.